The lowest BCUT2D eigenvalue weighted by atomic mass is 10.0. The highest BCUT2D eigenvalue weighted by atomic mass is 32.2. The van der Waals surface area contributed by atoms with Gasteiger partial charge < -0.3 is 9.64 Å². The number of fused-ring (bicyclic) bond motifs is 1. The smallest absolute Gasteiger partial charge is 0.233 e. The summed E-state index contributed by atoms with van der Waals surface area (Å²) >= 11 is 1.56. The van der Waals surface area contributed by atoms with Crippen molar-refractivity contribution in [1.82, 2.24) is 14.5 Å². The summed E-state index contributed by atoms with van der Waals surface area (Å²) in [7, 11) is 0. The summed E-state index contributed by atoms with van der Waals surface area (Å²) in [5.74, 6) is 0.588. The van der Waals surface area contributed by atoms with Gasteiger partial charge in [0.1, 0.15) is 0 Å². The first-order valence-electron chi connectivity index (χ1n) is 9.83. The molecule has 1 fully saturated rings. The minimum absolute atomic E-state index is 0.0984. The quantitative estimate of drug-likeness (QED) is 0.756. The zero-order chi connectivity index (χ0) is 18.8. The second kappa shape index (κ2) is 8.07. The van der Waals surface area contributed by atoms with Crippen molar-refractivity contribution in [3.8, 4) is 5.69 Å². The molecule has 5 nitrogen and oxygen atoms in total. The molecule has 4 rings (SSSR count). The van der Waals surface area contributed by atoms with Crippen LogP contribution >= 0.6 is 11.8 Å². The van der Waals surface area contributed by atoms with Crippen LogP contribution in [-0.2, 0) is 22.4 Å². The van der Waals surface area contributed by atoms with Crippen LogP contribution < -0.4 is 0 Å². The van der Waals surface area contributed by atoms with Crippen molar-refractivity contribution in [3.05, 3.63) is 41.7 Å². The van der Waals surface area contributed by atoms with E-state index in [0.29, 0.717) is 18.8 Å². The molecule has 1 amide bonds. The van der Waals surface area contributed by atoms with Crippen LogP contribution in [0.4, 0.5) is 0 Å². The van der Waals surface area contributed by atoms with Crippen LogP contribution in [0.5, 0.6) is 0 Å². The number of carbonyl (C=O) groups excluding carboxylic acids is 1. The van der Waals surface area contributed by atoms with Crippen LogP contribution in [0.2, 0.25) is 0 Å². The lowest BCUT2D eigenvalue weighted by Crippen LogP contribution is -2.48. The molecule has 0 radical (unpaired) electrons. The van der Waals surface area contributed by atoms with Gasteiger partial charge in [0.25, 0.3) is 0 Å². The maximum Gasteiger partial charge on any atom is 0.233 e. The van der Waals surface area contributed by atoms with Crippen molar-refractivity contribution in [2.24, 2.45) is 0 Å². The summed E-state index contributed by atoms with van der Waals surface area (Å²) < 4.78 is 8.01. The number of para-hydroxylation sites is 1. The zero-order valence-electron chi connectivity index (χ0n) is 16.1. The number of aryl methyl sites for hydroxylation is 1. The number of thioether (sulfide) groups is 1. The van der Waals surface area contributed by atoms with Crippen LogP contribution in [0.25, 0.3) is 5.69 Å². The van der Waals surface area contributed by atoms with Crippen molar-refractivity contribution in [2.45, 2.75) is 56.9 Å². The van der Waals surface area contributed by atoms with E-state index < -0.39 is 0 Å². The van der Waals surface area contributed by atoms with Gasteiger partial charge in [0.05, 0.1) is 23.7 Å². The fourth-order valence-electron chi connectivity index (χ4n) is 4.05. The Hall–Kier alpha value is -1.79. The Kier molecular flexibility index (Phi) is 5.55. The number of aromatic nitrogens is 2. The molecule has 1 saturated heterocycles. The molecule has 0 bridgehead atoms. The van der Waals surface area contributed by atoms with E-state index in [4.69, 9.17) is 9.72 Å². The third kappa shape index (κ3) is 4.06. The van der Waals surface area contributed by atoms with Crippen molar-refractivity contribution < 1.29 is 9.53 Å². The number of hydrogen-bond acceptors (Lipinski definition) is 4. The molecule has 27 heavy (non-hydrogen) atoms. The second-order valence-electron chi connectivity index (χ2n) is 7.51. The molecule has 1 aromatic carbocycles. The van der Waals surface area contributed by atoms with E-state index in [1.807, 2.05) is 24.8 Å². The number of rotatable bonds is 4. The van der Waals surface area contributed by atoms with Gasteiger partial charge in [-0.05, 0) is 51.7 Å². The van der Waals surface area contributed by atoms with E-state index in [9.17, 15) is 4.79 Å². The third-order valence-corrected chi connectivity index (χ3v) is 6.14. The standard InChI is InChI=1S/C21H27N3O2S/c1-15-12-23(13-16(2)26-15)20(25)14-27-21-22-18-10-6-7-11-19(18)24(21)17-8-4-3-5-9-17/h3-5,8-9,15-16H,6-7,10-14H2,1-2H3. The first-order chi connectivity index (χ1) is 13.1. The fraction of sp³-hybridized carbons (Fsp3) is 0.524. The van der Waals surface area contributed by atoms with E-state index >= 15 is 0 Å². The first kappa shape index (κ1) is 18.6. The molecule has 2 heterocycles. The number of hydrogen-bond donors (Lipinski definition) is 0. The van der Waals surface area contributed by atoms with Crippen LogP contribution in [0, 0.1) is 0 Å². The number of carbonyl (C=O) groups is 1. The van der Waals surface area contributed by atoms with Crippen LogP contribution in [-0.4, -0.2) is 51.4 Å². The largest absolute Gasteiger partial charge is 0.372 e. The van der Waals surface area contributed by atoms with E-state index in [1.54, 1.807) is 11.8 Å². The van der Waals surface area contributed by atoms with Crippen molar-refractivity contribution >= 4 is 17.7 Å². The average molecular weight is 386 g/mol. The molecule has 1 aromatic heterocycles. The summed E-state index contributed by atoms with van der Waals surface area (Å²) in [6.45, 7) is 5.40. The van der Waals surface area contributed by atoms with E-state index in [2.05, 4.69) is 28.8 Å². The highest BCUT2D eigenvalue weighted by Gasteiger charge is 2.27. The topological polar surface area (TPSA) is 47.4 Å². The first-order valence-corrected chi connectivity index (χ1v) is 10.8. The minimum atomic E-state index is 0.0984. The Morgan fingerprint density at radius 2 is 1.85 bits per heavy atom. The Labute approximate surface area is 165 Å². The summed E-state index contributed by atoms with van der Waals surface area (Å²) in [6, 6.07) is 10.4. The lowest BCUT2D eigenvalue weighted by Gasteiger charge is -2.35. The van der Waals surface area contributed by atoms with Gasteiger partial charge in [0, 0.05) is 24.5 Å². The fourth-order valence-corrected chi connectivity index (χ4v) is 5.01. The average Bonchev–Trinajstić information content (AvgIpc) is 3.04. The maximum absolute atomic E-state index is 12.8. The molecule has 2 aromatic rings. The Bertz CT molecular complexity index is 795. The van der Waals surface area contributed by atoms with Gasteiger partial charge in [-0.15, -0.1) is 0 Å². The third-order valence-electron chi connectivity index (χ3n) is 5.21. The zero-order valence-corrected chi connectivity index (χ0v) is 16.9. The van der Waals surface area contributed by atoms with Crippen LogP contribution in [0.3, 0.4) is 0 Å². The van der Waals surface area contributed by atoms with E-state index in [1.165, 1.54) is 24.2 Å². The predicted octanol–water partition coefficient (Wildman–Crippen LogP) is 3.48. The molecular formula is C21H27N3O2S. The highest BCUT2D eigenvalue weighted by molar-refractivity contribution is 7.99. The number of amides is 1. The summed E-state index contributed by atoms with van der Waals surface area (Å²) in [5.41, 5.74) is 3.65. The molecule has 6 heteroatoms. The number of benzene rings is 1. The van der Waals surface area contributed by atoms with Gasteiger partial charge in [-0.2, -0.15) is 0 Å². The molecule has 2 aliphatic rings. The van der Waals surface area contributed by atoms with E-state index in [0.717, 1.165) is 23.7 Å². The molecule has 0 spiro atoms. The summed E-state index contributed by atoms with van der Waals surface area (Å²) in [5, 5.41) is 0.941. The van der Waals surface area contributed by atoms with Gasteiger partial charge in [-0.1, -0.05) is 30.0 Å². The Balaban J connectivity index is 1.54. The molecule has 1 aliphatic carbocycles. The molecule has 2 unspecified atom stereocenters. The number of ether oxygens (including phenoxy) is 1. The Morgan fingerprint density at radius 3 is 2.59 bits per heavy atom. The summed E-state index contributed by atoms with van der Waals surface area (Å²) in [4.78, 5) is 19.6. The SMILES string of the molecule is CC1CN(C(=O)CSc2nc3c(n2-c2ccccc2)CCCC3)CC(C)O1. The van der Waals surface area contributed by atoms with Crippen molar-refractivity contribution in [2.75, 3.05) is 18.8 Å². The second-order valence-corrected chi connectivity index (χ2v) is 8.45. The highest BCUT2D eigenvalue weighted by Crippen LogP contribution is 2.30. The molecular weight excluding hydrogens is 358 g/mol. The van der Waals surface area contributed by atoms with Gasteiger partial charge >= 0.3 is 0 Å². The van der Waals surface area contributed by atoms with Gasteiger partial charge in [0.2, 0.25) is 5.91 Å². The van der Waals surface area contributed by atoms with Crippen molar-refractivity contribution in [3.63, 3.8) is 0 Å². The Morgan fingerprint density at radius 1 is 1.15 bits per heavy atom. The number of morpholine rings is 1. The van der Waals surface area contributed by atoms with Gasteiger partial charge in [-0.3, -0.25) is 9.36 Å². The van der Waals surface area contributed by atoms with Crippen LogP contribution in [0.1, 0.15) is 38.1 Å². The van der Waals surface area contributed by atoms with Gasteiger partial charge in [-0.25, -0.2) is 4.98 Å². The molecule has 1 aliphatic heterocycles. The molecule has 144 valence electrons. The lowest BCUT2D eigenvalue weighted by molar-refractivity contribution is -0.140. The van der Waals surface area contributed by atoms with Crippen LogP contribution in [0.15, 0.2) is 35.5 Å². The van der Waals surface area contributed by atoms with E-state index in [-0.39, 0.29) is 18.1 Å². The normalized spacial score (nSPS) is 22.5. The minimum Gasteiger partial charge on any atom is -0.372 e. The van der Waals surface area contributed by atoms with Crippen molar-refractivity contribution in [1.29, 1.82) is 0 Å². The monoisotopic (exact) mass is 385 g/mol. The molecule has 0 N–H and O–H groups in total. The molecule has 2 atom stereocenters. The number of imidazole rings is 1. The molecule has 0 saturated carbocycles. The van der Waals surface area contributed by atoms with Gasteiger partial charge in [0.15, 0.2) is 5.16 Å². The number of nitrogens with zero attached hydrogens (tertiary/aromatic N) is 3. The maximum atomic E-state index is 12.8. The predicted molar refractivity (Wildman–Crippen MR) is 108 cm³/mol. The summed E-state index contributed by atoms with van der Waals surface area (Å²) in [6.07, 6.45) is 4.70.